The molecule has 2 unspecified atom stereocenters. The molecule has 2 atom stereocenters. The van der Waals surface area contributed by atoms with Crippen molar-refractivity contribution in [2.75, 3.05) is 26.7 Å². The van der Waals surface area contributed by atoms with E-state index in [2.05, 4.69) is 0 Å². The minimum atomic E-state index is -3.41. The number of likely N-dealkylation sites (tertiary alicyclic amines) is 2. The fourth-order valence-electron chi connectivity index (χ4n) is 4.93. The first-order valence-corrected chi connectivity index (χ1v) is 12.5. The molecule has 0 bridgehead atoms. The molecule has 0 aliphatic carbocycles. The van der Waals surface area contributed by atoms with Crippen molar-refractivity contribution in [3.8, 4) is 5.75 Å². The lowest BCUT2D eigenvalue weighted by atomic mass is 9.86. The monoisotopic (exact) mass is 530 g/mol. The van der Waals surface area contributed by atoms with E-state index >= 15 is 8.78 Å². The molecule has 38 heavy (non-hydrogen) atoms. The summed E-state index contributed by atoms with van der Waals surface area (Å²) < 4.78 is 45.9. The highest BCUT2D eigenvalue weighted by molar-refractivity contribution is 5.85. The van der Waals surface area contributed by atoms with Gasteiger partial charge in [0, 0.05) is 13.1 Å². The number of benzene rings is 2. The molecule has 4 rings (SSSR count). The van der Waals surface area contributed by atoms with Gasteiger partial charge in [0.05, 0.1) is 25.1 Å². The Balaban J connectivity index is 1.36. The molecule has 8 nitrogen and oxygen atoms in total. The number of amides is 2. The van der Waals surface area contributed by atoms with Crippen molar-refractivity contribution in [3.05, 3.63) is 65.7 Å². The van der Waals surface area contributed by atoms with Crippen LogP contribution in [0.4, 0.5) is 13.6 Å². The summed E-state index contributed by atoms with van der Waals surface area (Å²) in [5, 5.41) is 0. The third-order valence-corrected chi connectivity index (χ3v) is 7.00. The average Bonchev–Trinajstić information content (AvgIpc) is 3.19. The van der Waals surface area contributed by atoms with Crippen LogP contribution in [0.2, 0.25) is 0 Å². The van der Waals surface area contributed by atoms with Crippen molar-refractivity contribution < 1.29 is 37.4 Å². The number of hydrogen-bond acceptors (Lipinski definition) is 6. The Morgan fingerprint density at radius 3 is 2.29 bits per heavy atom. The molecule has 0 saturated carbocycles. The van der Waals surface area contributed by atoms with Gasteiger partial charge >= 0.3 is 12.1 Å². The number of methoxy groups -OCH3 is 1. The van der Waals surface area contributed by atoms with E-state index in [0.717, 1.165) is 16.0 Å². The van der Waals surface area contributed by atoms with Gasteiger partial charge in [0.25, 0.3) is 5.92 Å². The Kier molecular flexibility index (Phi) is 7.89. The Morgan fingerprint density at radius 1 is 1.00 bits per heavy atom. The molecule has 204 valence electrons. The van der Waals surface area contributed by atoms with Crippen LogP contribution in [-0.4, -0.2) is 66.5 Å². The molecule has 0 N–H and O–H groups in total. The summed E-state index contributed by atoms with van der Waals surface area (Å²) in [6, 6.07) is 15.0. The van der Waals surface area contributed by atoms with E-state index in [-0.39, 0.29) is 32.7 Å². The van der Waals surface area contributed by atoms with E-state index in [1.54, 1.807) is 69.5 Å². The van der Waals surface area contributed by atoms with Gasteiger partial charge in [-0.3, -0.25) is 14.5 Å². The van der Waals surface area contributed by atoms with E-state index in [0.29, 0.717) is 5.75 Å². The number of piperidine rings is 1. The number of alkyl halides is 2. The summed E-state index contributed by atoms with van der Waals surface area (Å²) in [7, 11) is 1.55. The highest BCUT2D eigenvalue weighted by Crippen LogP contribution is 2.43. The van der Waals surface area contributed by atoms with Crippen LogP contribution >= 0.6 is 0 Å². The maximum Gasteiger partial charge on any atom is 0.410 e. The van der Waals surface area contributed by atoms with Crippen molar-refractivity contribution in [3.63, 3.8) is 0 Å². The molecule has 2 aliphatic rings. The van der Waals surface area contributed by atoms with E-state index < -0.39 is 47.8 Å². The summed E-state index contributed by atoms with van der Waals surface area (Å²) >= 11 is 0. The van der Waals surface area contributed by atoms with Gasteiger partial charge in [-0.25, -0.2) is 13.6 Å². The van der Waals surface area contributed by atoms with Crippen molar-refractivity contribution in [1.82, 2.24) is 9.80 Å². The highest BCUT2D eigenvalue weighted by atomic mass is 19.3. The maximum absolute atomic E-state index is 15.0. The molecular formula is C28H32F2N2O6. The van der Waals surface area contributed by atoms with Gasteiger partial charge in [-0.05, 0) is 43.5 Å². The van der Waals surface area contributed by atoms with Gasteiger partial charge in [0.15, 0.2) is 0 Å². The quantitative estimate of drug-likeness (QED) is 0.474. The number of hydrogen-bond donors (Lipinski definition) is 0. The zero-order chi connectivity index (χ0) is 27.5. The molecule has 2 fully saturated rings. The lowest BCUT2D eigenvalue weighted by Gasteiger charge is -2.40. The Hall–Kier alpha value is -3.69. The molecular weight excluding hydrogens is 498 g/mol. The van der Waals surface area contributed by atoms with Crippen LogP contribution < -0.4 is 4.74 Å². The predicted molar refractivity (Wildman–Crippen MR) is 133 cm³/mol. The number of esters is 1. The second kappa shape index (κ2) is 11.0. The SMILES string of the molecule is COc1ccc(COC(=O)C(C)(C)CN2CCC3C(C2=O)C(F)(F)CN3C(=O)OCc2ccccc2)cc1. The van der Waals surface area contributed by atoms with Gasteiger partial charge < -0.3 is 19.1 Å². The van der Waals surface area contributed by atoms with Crippen LogP contribution in [-0.2, 0) is 32.3 Å². The van der Waals surface area contributed by atoms with Crippen molar-refractivity contribution in [1.29, 1.82) is 0 Å². The van der Waals surface area contributed by atoms with E-state index in [9.17, 15) is 14.4 Å². The minimum Gasteiger partial charge on any atom is -0.497 e. The second-order valence-electron chi connectivity index (χ2n) is 10.3. The molecule has 0 spiro atoms. The molecule has 2 heterocycles. The largest absolute Gasteiger partial charge is 0.497 e. The van der Waals surface area contributed by atoms with Gasteiger partial charge in [0.2, 0.25) is 5.91 Å². The first kappa shape index (κ1) is 27.3. The van der Waals surface area contributed by atoms with Crippen LogP contribution in [0.15, 0.2) is 54.6 Å². The third kappa shape index (κ3) is 5.89. The Bertz CT molecular complexity index is 1160. The van der Waals surface area contributed by atoms with Crippen LogP contribution in [0, 0.1) is 11.3 Å². The second-order valence-corrected chi connectivity index (χ2v) is 10.3. The lowest BCUT2D eigenvalue weighted by molar-refractivity contribution is -0.161. The van der Waals surface area contributed by atoms with E-state index in [4.69, 9.17) is 14.2 Å². The Morgan fingerprint density at radius 2 is 1.63 bits per heavy atom. The topological polar surface area (TPSA) is 85.4 Å². The first-order valence-electron chi connectivity index (χ1n) is 12.5. The van der Waals surface area contributed by atoms with Gasteiger partial charge in [0.1, 0.15) is 24.9 Å². The number of halogens is 2. The molecule has 2 amide bonds. The molecule has 2 aromatic rings. The van der Waals surface area contributed by atoms with Crippen LogP contribution in [0.25, 0.3) is 0 Å². The maximum atomic E-state index is 15.0. The standard InChI is InChI=1S/C28H32F2N2O6/c1-27(2,25(34)37-15-20-9-11-21(36-3)12-10-20)17-31-14-13-22-23(24(31)33)28(29,30)18-32(22)26(35)38-16-19-7-5-4-6-8-19/h4-12,22-23H,13-18H2,1-3H3. The summed E-state index contributed by atoms with van der Waals surface area (Å²) in [6.07, 6.45) is -0.714. The summed E-state index contributed by atoms with van der Waals surface area (Å²) in [5.41, 5.74) is 0.365. The van der Waals surface area contributed by atoms with Crippen LogP contribution in [0.5, 0.6) is 5.75 Å². The first-order chi connectivity index (χ1) is 18.0. The molecule has 0 radical (unpaired) electrons. The fraction of sp³-hybridized carbons (Fsp3) is 0.464. The molecule has 2 aromatic carbocycles. The van der Waals surface area contributed by atoms with Gasteiger partial charge in [-0.1, -0.05) is 42.5 Å². The molecule has 0 aromatic heterocycles. The number of nitrogens with zero attached hydrogens (tertiary/aromatic N) is 2. The van der Waals surface area contributed by atoms with Gasteiger partial charge in [-0.15, -0.1) is 0 Å². The molecule has 2 aliphatic heterocycles. The number of carbonyl (C=O) groups is 3. The van der Waals surface area contributed by atoms with Crippen molar-refractivity contribution >= 4 is 18.0 Å². The third-order valence-electron chi connectivity index (χ3n) is 7.00. The number of ether oxygens (including phenoxy) is 3. The normalized spacial score (nSPS) is 20.6. The number of fused-ring (bicyclic) bond motifs is 1. The lowest BCUT2D eigenvalue weighted by Crippen LogP contribution is -2.56. The number of rotatable bonds is 8. The molecule has 10 heteroatoms. The highest BCUT2D eigenvalue weighted by Gasteiger charge is 2.62. The zero-order valence-electron chi connectivity index (χ0n) is 21.7. The number of carbonyl (C=O) groups excluding carboxylic acids is 3. The summed E-state index contributed by atoms with van der Waals surface area (Å²) in [4.78, 5) is 41.0. The Labute approximate surface area is 220 Å². The fourth-order valence-corrected chi connectivity index (χ4v) is 4.93. The van der Waals surface area contributed by atoms with Crippen molar-refractivity contribution in [2.24, 2.45) is 11.3 Å². The summed E-state index contributed by atoms with van der Waals surface area (Å²) in [5.74, 6) is -5.75. The summed E-state index contributed by atoms with van der Waals surface area (Å²) in [6.45, 7) is 2.38. The zero-order valence-corrected chi connectivity index (χ0v) is 21.7. The van der Waals surface area contributed by atoms with Crippen LogP contribution in [0.3, 0.4) is 0 Å². The molecule has 2 saturated heterocycles. The minimum absolute atomic E-state index is 0.0308. The average molecular weight is 531 g/mol. The van der Waals surface area contributed by atoms with E-state index in [1.165, 1.54) is 4.90 Å². The smallest absolute Gasteiger partial charge is 0.410 e. The van der Waals surface area contributed by atoms with Gasteiger partial charge in [-0.2, -0.15) is 0 Å². The predicted octanol–water partition coefficient (Wildman–Crippen LogP) is 4.27. The van der Waals surface area contributed by atoms with E-state index in [1.807, 2.05) is 6.07 Å². The van der Waals surface area contributed by atoms with Crippen molar-refractivity contribution in [2.45, 2.75) is 45.4 Å². The van der Waals surface area contributed by atoms with Crippen LogP contribution in [0.1, 0.15) is 31.4 Å².